The lowest BCUT2D eigenvalue weighted by Crippen LogP contribution is -2.31. The van der Waals surface area contributed by atoms with Crippen LogP contribution in [0.3, 0.4) is 0 Å². The molecule has 0 saturated heterocycles. The van der Waals surface area contributed by atoms with E-state index < -0.39 is 6.04 Å². The minimum absolute atomic E-state index is 0.0548. The van der Waals surface area contributed by atoms with Crippen LogP contribution in [0.2, 0.25) is 5.02 Å². The Hall–Kier alpha value is -2.53. The largest absolute Gasteiger partial charge is 0.374 e. The SMILES string of the molecule is CC(Nc1ccc(C(=O)NC2CC2)cc1)C(=O)Nc1cccc(Cl)c1. The molecule has 0 aromatic heterocycles. The molecular weight excluding hydrogens is 338 g/mol. The molecule has 3 rings (SSSR count). The number of halogens is 1. The van der Waals surface area contributed by atoms with E-state index in [2.05, 4.69) is 16.0 Å². The zero-order valence-corrected chi connectivity index (χ0v) is 14.6. The molecule has 1 aliphatic carbocycles. The predicted octanol–water partition coefficient (Wildman–Crippen LogP) is 3.67. The van der Waals surface area contributed by atoms with Crippen LogP contribution in [0.5, 0.6) is 0 Å². The highest BCUT2D eigenvalue weighted by Gasteiger charge is 2.23. The zero-order chi connectivity index (χ0) is 17.8. The Kier molecular flexibility index (Phi) is 5.24. The molecule has 3 N–H and O–H groups in total. The number of hydrogen-bond donors (Lipinski definition) is 3. The Morgan fingerprint density at radius 1 is 1.08 bits per heavy atom. The Balaban J connectivity index is 1.55. The Labute approximate surface area is 151 Å². The van der Waals surface area contributed by atoms with Crippen molar-refractivity contribution in [2.75, 3.05) is 10.6 Å². The van der Waals surface area contributed by atoms with Gasteiger partial charge in [0.05, 0.1) is 0 Å². The summed E-state index contributed by atoms with van der Waals surface area (Å²) in [7, 11) is 0. The molecule has 5 nitrogen and oxygen atoms in total. The molecule has 6 heteroatoms. The summed E-state index contributed by atoms with van der Waals surface area (Å²) < 4.78 is 0. The normalized spacial score (nSPS) is 14.5. The molecule has 0 heterocycles. The van der Waals surface area contributed by atoms with Crippen molar-refractivity contribution in [2.24, 2.45) is 0 Å². The topological polar surface area (TPSA) is 70.2 Å². The minimum atomic E-state index is -0.440. The first-order valence-corrected chi connectivity index (χ1v) is 8.63. The lowest BCUT2D eigenvalue weighted by atomic mass is 10.1. The number of carbonyl (C=O) groups excluding carboxylic acids is 2. The molecule has 0 spiro atoms. The number of rotatable bonds is 6. The Morgan fingerprint density at radius 3 is 2.44 bits per heavy atom. The summed E-state index contributed by atoms with van der Waals surface area (Å²) in [5.41, 5.74) is 2.04. The van der Waals surface area contributed by atoms with Gasteiger partial charge in [0.2, 0.25) is 5.91 Å². The second kappa shape index (κ2) is 7.57. The van der Waals surface area contributed by atoms with Gasteiger partial charge in [-0.15, -0.1) is 0 Å². The van der Waals surface area contributed by atoms with E-state index in [4.69, 9.17) is 11.6 Å². The van der Waals surface area contributed by atoms with E-state index in [1.54, 1.807) is 55.5 Å². The van der Waals surface area contributed by atoms with Gasteiger partial charge in [0, 0.05) is 28.0 Å². The van der Waals surface area contributed by atoms with Crippen LogP contribution in [0, 0.1) is 0 Å². The van der Waals surface area contributed by atoms with Gasteiger partial charge in [-0.3, -0.25) is 9.59 Å². The van der Waals surface area contributed by atoms with Gasteiger partial charge in [-0.1, -0.05) is 17.7 Å². The van der Waals surface area contributed by atoms with E-state index in [9.17, 15) is 9.59 Å². The maximum atomic E-state index is 12.3. The van der Waals surface area contributed by atoms with Crippen molar-refractivity contribution in [1.29, 1.82) is 0 Å². The highest BCUT2D eigenvalue weighted by atomic mass is 35.5. The van der Waals surface area contributed by atoms with Crippen molar-refractivity contribution in [3.8, 4) is 0 Å². The fraction of sp³-hybridized carbons (Fsp3) is 0.263. The molecule has 130 valence electrons. The van der Waals surface area contributed by atoms with Gasteiger partial charge in [0.15, 0.2) is 0 Å². The molecule has 1 fully saturated rings. The van der Waals surface area contributed by atoms with Gasteiger partial charge in [0.25, 0.3) is 5.91 Å². The molecular formula is C19H20ClN3O2. The van der Waals surface area contributed by atoms with E-state index in [1.165, 1.54) is 0 Å². The summed E-state index contributed by atoms with van der Waals surface area (Å²) in [6.45, 7) is 1.77. The third kappa shape index (κ3) is 4.97. The van der Waals surface area contributed by atoms with Gasteiger partial charge in [-0.05, 0) is 62.2 Å². The lowest BCUT2D eigenvalue weighted by molar-refractivity contribution is -0.116. The first-order valence-electron chi connectivity index (χ1n) is 8.25. The van der Waals surface area contributed by atoms with E-state index >= 15 is 0 Å². The van der Waals surface area contributed by atoms with Crippen LogP contribution >= 0.6 is 11.6 Å². The van der Waals surface area contributed by atoms with E-state index in [0.717, 1.165) is 18.5 Å². The number of benzene rings is 2. The van der Waals surface area contributed by atoms with Crippen molar-refractivity contribution < 1.29 is 9.59 Å². The molecule has 0 bridgehead atoms. The predicted molar refractivity (Wildman–Crippen MR) is 100 cm³/mol. The molecule has 1 unspecified atom stereocenters. The molecule has 0 aliphatic heterocycles. The van der Waals surface area contributed by atoms with Gasteiger partial charge in [0.1, 0.15) is 6.04 Å². The Morgan fingerprint density at radius 2 is 1.80 bits per heavy atom. The molecule has 2 aromatic rings. The summed E-state index contributed by atoms with van der Waals surface area (Å²) in [4.78, 5) is 24.2. The first kappa shape index (κ1) is 17.3. The number of amides is 2. The van der Waals surface area contributed by atoms with E-state index in [0.29, 0.717) is 22.3 Å². The summed E-state index contributed by atoms with van der Waals surface area (Å²) in [6.07, 6.45) is 2.12. The average Bonchev–Trinajstić information content (AvgIpc) is 3.39. The summed E-state index contributed by atoms with van der Waals surface area (Å²) in [5.74, 6) is -0.224. The van der Waals surface area contributed by atoms with Crippen LogP contribution in [-0.4, -0.2) is 23.9 Å². The third-order valence-corrected chi connectivity index (χ3v) is 4.16. The smallest absolute Gasteiger partial charge is 0.251 e. The van der Waals surface area contributed by atoms with Crippen LogP contribution in [0.1, 0.15) is 30.1 Å². The molecule has 1 saturated carbocycles. The van der Waals surface area contributed by atoms with Crippen LogP contribution in [0.4, 0.5) is 11.4 Å². The average molecular weight is 358 g/mol. The van der Waals surface area contributed by atoms with Gasteiger partial charge in [-0.25, -0.2) is 0 Å². The number of nitrogens with one attached hydrogen (secondary N) is 3. The van der Waals surface area contributed by atoms with Crippen molar-refractivity contribution in [3.63, 3.8) is 0 Å². The maximum Gasteiger partial charge on any atom is 0.251 e. The molecule has 0 radical (unpaired) electrons. The van der Waals surface area contributed by atoms with Gasteiger partial charge < -0.3 is 16.0 Å². The molecule has 2 aromatic carbocycles. The number of anilines is 2. The Bertz CT molecular complexity index is 772. The fourth-order valence-corrected chi connectivity index (χ4v) is 2.54. The lowest BCUT2D eigenvalue weighted by Gasteiger charge is -2.15. The van der Waals surface area contributed by atoms with Crippen LogP contribution in [0.15, 0.2) is 48.5 Å². The second-order valence-corrected chi connectivity index (χ2v) is 6.63. The van der Waals surface area contributed by atoms with Crippen molar-refractivity contribution in [2.45, 2.75) is 31.8 Å². The van der Waals surface area contributed by atoms with Gasteiger partial charge in [-0.2, -0.15) is 0 Å². The highest BCUT2D eigenvalue weighted by molar-refractivity contribution is 6.30. The summed E-state index contributed by atoms with van der Waals surface area (Å²) in [6, 6.07) is 14.0. The molecule has 25 heavy (non-hydrogen) atoms. The van der Waals surface area contributed by atoms with E-state index in [1.807, 2.05) is 0 Å². The number of hydrogen-bond acceptors (Lipinski definition) is 3. The van der Waals surface area contributed by atoms with Crippen LogP contribution < -0.4 is 16.0 Å². The summed E-state index contributed by atoms with van der Waals surface area (Å²) >= 11 is 5.91. The monoisotopic (exact) mass is 357 g/mol. The van der Waals surface area contributed by atoms with Crippen molar-refractivity contribution in [3.05, 3.63) is 59.1 Å². The summed E-state index contributed by atoms with van der Waals surface area (Å²) in [5, 5.41) is 9.44. The van der Waals surface area contributed by atoms with Crippen LogP contribution in [0.25, 0.3) is 0 Å². The van der Waals surface area contributed by atoms with Crippen molar-refractivity contribution in [1.82, 2.24) is 5.32 Å². The molecule has 1 atom stereocenters. The molecule has 1 aliphatic rings. The standard InChI is InChI=1S/C19H20ClN3O2/c1-12(18(24)23-17-4-2-3-14(20)11-17)21-15-7-5-13(6-8-15)19(25)22-16-9-10-16/h2-8,11-12,16,21H,9-10H2,1H3,(H,22,25)(H,23,24). The number of carbonyl (C=O) groups is 2. The highest BCUT2D eigenvalue weighted by Crippen LogP contribution is 2.20. The first-order chi connectivity index (χ1) is 12.0. The minimum Gasteiger partial charge on any atom is -0.374 e. The van der Waals surface area contributed by atoms with Crippen LogP contribution in [-0.2, 0) is 4.79 Å². The second-order valence-electron chi connectivity index (χ2n) is 6.19. The van der Waals surface area contributed by atoms with Crippen molar-refractivity contribution >= 4 is 34.8 Å². The zero-order valence-electron chi connectivity index (χ0n) is 13.9. The van der Waals surface area contributed by atoms with Gasteiger partial charge >= 0.3 is 0 Å². The maximum absolute atomic E-state index is 12.3. The fourth-order valence-electron chi connectivity index (χ4n) is 2.35. The quantitative estimate of drug-likeness (QED) is 0.738. The third-order valence-electron chi connectivity index (χ3n) is 3.93. The van der Waals surface area contributed by atoms with E-state index in [-0.39, 0.29) is 11.8 Å². The molecule has 2 amide bonds.